The Kier molecular flexibility index (Phi) is 4.80. The topological polar surface area (TPSA) is 89.6 Å². The highest BCUT2D eigenvalue weighted by Crippen LogP contribution is 2.35. The number of likely N-dealkylation sites (tertiary alicyclic amines) is 1. The van der Waals surface area contributed by atoms with E-state index in [1.165, 1.54) is 18.6 Å². The van der Waals surface area contributed by atoms with E-state index in [9.17, 15) is 4.39 Å². The van der Waals surface area contributed by atoms with E-state index >= 15 is 0 Å². The number of likely N-dealkylation sites (N-methyl/N-ethyl adjacent to an activating group) is 1. The Morgan fingerprint density at radius 2 is 1.88 bits per heavy atom. The third kappa shape index (κ3) is 3.40. The van der Waals surface area contributed by atoms with E-state index in [0.717, 1.165) is 53.2 Å². The van der Waals surface area contributed by atoms with Crippen molar-refractivity contribution >= 4 is 17.2 Å². The minimum absolute atomic E-state index is 0.247. The number of anilines is 1. The molecule has 172 valence electrons. The largest absolute Gasteiger partial charge is 0.368 e. The van der Waals surface area contributed by atoms with Crippen LogP contribution in [0.25, 0.3) is 33.7 Å². The lowest BCUT2D eigenvalue weighted by atomic mass is 10.0. The Morgan fingerprint density at radius 3 is 2.65 bits per heavy atom. The molecule has 1 saturated heterocycles. The van der Waals surface area contributed by atoms with E-state index in [-0.39, 0.29) is 11.8 Å². The molecule has 0 saturated carbocycles. The summed E-state index contributed by atoms with van der Waals surface area (Å²) in [5, 5.41) is 4.73. The Bertz CT molecular complexity index is 1520. The van der Waals surface area contributed by atoms with Gasteiger partial charge in [-0.25, -0.2) is 19.3 Å². The minimum Gasteiger partial charge on any atom is -0.368 e. The summed E-state index contributed by atoms with van der Waals surface area (Å²) >= 11 is 0. The van der Waals surface area contributed by atoms with Gasteiger partial charge >= 0.3 is 0 Å². The molecular weight excluding hydrogens is 431 g/mol. The summed E-state index contributed by atoms with van der Waals surface area (Å²) in [6, 6.07) is 10.7. The molecule has 2 N–H and O–H groups in total. The molecule has 0 amide bonds. The third-order valence-corrected chi connectivity index (χ3v) is 6.74. The normalized spacial score (nSPS) is 16.7. The van der Waals surface area contributed by atoms with E-state index < -0.39 is 0 Å². The lowest BCUT2D eigenvalue weighted by molar-refractivity contribution is 0.306. The molecule has 1 aliphatic heterocycles. The number of fused-ring (bicyclic) bond motifs is 2. The van der Waals surface area contributed by atoms with E-state index in [1.54, 1.807) is 16.6 Å². The number of nitrogen functional groups attached to an aromatic ring is 1. The van der Waals surface area contributed by atoms with Crippen molar-refractivity contribution in [3.8, 4) is 22.4 Å². The molecule has 34 heavy (non-hydrogen) atoms. The van der Waals surface area contributed by atoms with Crippen LogP contribution in [0.5, 0.6) is 0 Å². The van der Waals surface area contributed by atoms with Crippen LogP contribution in [0.2, 0.25) is 0 Å². The number of pyridine rings is 1. The Labute approximate surface area is 195 Å². The Hall–Kier alpha value is -3.85. The summed E-state index contributed by atoms with van der Waals surface area (Å²) < 4.78 is 17.3. The van der Waals surface area contributed by atoms with Gasteiger partial charge in [0.15, 0.2) is 11.5 Å². The van der Waals surface area contributed by atoms with Crippen molar-refractivity contribution in [2.45, 2.75) is 32.2 Å². The highest BCUT2D eigenvalue weighted by molar-refractivity contribution is 5.90. The molecule has 0 bridgehead atoms. The molecule has 1 atom stereocenters. The average Bonchev–Trinajstić information content (AvgIpc) is 3.54. The lowest BCUT2D eigenvalue weighted by Crippen LogP contribution is -2.27. The van der Waals surface area contributed by atoms with Crippen molar-refractivity contribution in [3.05, 3.63) is 66.1 Å². The van der Waals surface area contributed by atoms with Gasteiger partial charge in [0, 0.05) is 41.7 Å². The maximum atomic E-state index is 13.7. The molecular formula is C25H25FN8. The zero-order chi connectivity index (χ0) is 23.4. The molecule has 1 unspecified atom stereocenters. The van der Waals surface area contributed by atoms with Crippen molar-refractivity contribution in [2.24, 2.45) is 0 Å². The minimum atomic E-state index is -0.305. The van der Waals surface area contributed by atoms with E-state index in [0.29, 0.717) is 17.4 Å². The zero-order valence-corrected chi connectivity index (χ0v) is 19.1. The van der Waals surface area contributed by atoms with Crippen LogP contribution in [-0.2, 0) is 6.42 Å². The van der Waals surface area contributed by atoms with Gasteiger partial charge in [-0.3, -0.25) is 0 Å². The van der Waals surface area contributed by atoms with Crippen molar-refractivity contribution in [1.29, 1.82) is 0 Å². The first-order valence-electron chi connectivity index (χ1n) is 11.4. The van der Waals surface area contributed by atoms with Crippen molar-refractivity contribution in [2.75, 3.05) is 19.3 Å². The summed E-state index contributed by atoms with van der Waals surface area (Å²) in [7, 11) is 2.14. The van der Waals surface area contributed by atoms with Gasteiger partial charge in [0.2, 0.25) is 5.95 Å². The van der Waals surface area contributed by atoms with Gasteiger partial charge in [0.05, 0.1) is 11.3 Å². The second kappa shape index (κ2) is 7.88. The van der Waals surface area contributed by atoms with Gasteiger partial charge < -0.3 is 15.0 Å². The van der Waals surface area contributed by atoms with Crippen LogP contribution < -0.4 is 5.73 Å². The van der Waals surface area contributed by atoms with Crippen LogP contribution in [0.3, 0.4) is 0 Å². The number of hydrogen-bond acceptors (Lipinski definition) is 6. The molecule has 1 aliphatic rings. The van der Waals surface area contributed by atoms with E-state index in [1.807, 2.05) is 35.9 Å². The highest BCUT2D eigenvalue weighted by Gasteiger charge is 2.25. The molecule has 8 nitrogen and oxygen atoms in total. The quantitative estimate of drug-likeness (QED) is 0.443. The molecule has 5 aromatic rings. The molecule has 4 aromatic heterocycles. The highest BCUT2D eigenvalue weighted by atomic mass is 19.1. The van der Waals surface area contributed by atoms with E-state index in [4.69, 9.17) is 20.8 Å². The summed E-state index contributed by atoms with van der Waals surface area (Å²) in [6.45, 7) is 3.10. The van der Waals surface area contributed by atoms with Gasteiger partial charge in [-0.2, -0.15) is 4.52 Å². The molecule has 0 spiro atoms. The van der Waals surface area contributed by atoms with Gasteiger partial charge in [-0.1, -0.05) is 0 Å². The van der Waals surface area contributed by atoms with Gasteiger partial charge in [-0.15, -0.1) is 5.10 Å². The first-order chi connectivity index (χ1) is 16.5. The number of rotatable bonds is 4. The standard InChI is InChI=1S/C25H25FN8/c1-15-13-28-21-10-7-17(14-33(15)21)22-23(16-5-8-18(26)9-6-16)30-25(27)34-24(22)29-20(31-34)12-19-4-3-11-32(19)2/h5-10,13-14,19H,3-4,11-12H2,1-2H3,(H2,27,30). The Morgan fingerprint density at radius 1 is 1.09 bits per heavy atom. The number of nitrogens with zero attached hydrogens (tertiary/aromatic N) is 7. The fourth-order valence-corrected chi connectivity index (χ4v) is 4.87. The van der Waals surface area contributed by atoms with Gasteiger partial charge in [0.25, 0.3) is 0 Å². The smallest absolute Gasteiger partial charge is 0.223 e. The average molecular weight is 457 g/mol. The Balaban J connectivity index is 1.59. The number of halogens is 1. The zero-order valence-electron chi connectivity index (χ0n) is 19.1. The first kappa shape index (κ1) is 20.7. The van der Waals surface area contributed by atoms with Crippen LogP contribution in [0.1, 0.15) is 24.4 Å². The van der Waals surface area contributed by atoms with Gasteiger partial charge in [0.1, 0.15) is 11.5 Å². The lowest BCUT2D eigenvalue weighted by Gasteiger charge is -2.17. The number of imidazole rings is 1. The monoisotopic (exact) mass is 456 g/mol. The molecule has 0 radical (unpaired) electrons. The summed E-state index contributed by atoms with van der Waals surface area (Å²) in [4.78, 5) is 16.4. The number of aryl methyl sites for hydroxylation is 1. The maximum absolute atomic E-state index is 13.7. The summed E-state index contributed by atoms with van der Waals surface area (Å²) in [6.07, 6.45) is 6.93. The van der Waals surface area contributed by atoms with Crippen LogP contribution in [0.15, 0.2) is 48.8 Å². The van der Waals surface area contributed by atoms with Crippen molar-refractivity contribution in [1.82, 2.24) is 33.9 Å². The second-order valence-corrected chi connectivity index (χ2v) is 8.99. The SMILES string of the molecule is Cc1cnc2ccc(-c3c(-c4ccc(F)cc4)nc(N)n4nc(CC5CCCN5C)nc34)cn12. The van der Waals surface area contributed by atoms with Crippen LogP contribution in [0.4, 0.5) is 10.3 Å². The fourth-order valence-electron chi connectivity index (χ4n) is 4.87. The molecule has 5 heterocycles. The number of nitrogens with two attached hydrogens (primary N) is 1. The summed E-state index contributed by atoms with van der Waals surface area (Å²) in [5.74, 6) is 0.682. The number of aromatic nitrogens is 6. The van der Waals surface area contributed by atoms with Crippen LogP contribution in [0, 0.1) is 12.7 Å². The first-order valence-corrected chi connectivity index (χ1v) is 11.4. The number of benzene rings is 1. The molecule has 9 heteroatoms. The number of hydrogen-bond donors (Lipinski definition) is 1. The molecule has 0 aliphatic carbocycles. The van der Waals surface area contributed by atoms with Crippen LogP contribution >= 0.6 is 0 Å². The fraction of sp³-hybridized carbons (Fsp3) is 0.280. The molecule has 1 aromatic carbocycles. The predicted molar refractivity (Wildman–Crippen MR) is 129 cm³/mol. The second-order valence-electron chi connectivity index (χ2n) is 8.99. The van der Waals surface area contributed by atoms with Crippen molar-refractivity contribution in [3.63, 3.8) is 0 Å². The van der Waals surface area contributed by atoms with Gasteiger partial charge in [-0.05, 0) is 69.8 Å². The van der Waals surface area contributed by atoms with Crippen molar-refractivity contribution < 1.29 is 4.39 Å². The maximum Gasteiger partial charge on any atom is 0.223 e. The predicted octanol–water partition coefficient (Wildman–Crippen LogP) is 3.77. The third-order valence-electron chi connectivity index (χ3n) is 6.74. The summed E-state index contributed by atoms with van der Waals surface area (Å²) in [5.41, 5.74) is 12.0. The molecule has 1 fully saturated rings. The van der Waals surface area contributed by atoms with E-state index in [2.05, 4.69) is 16.9 Å². The molecule has 6 rings (SSSR count). The van der Waals surface area contributed by atoms with Crippen LogP contribution in [-0.4, -0.2) is 53.5 Å².